The summed E-state index contributed by atoms with van der Waals surface area (Å²) in [5.41, 5.74) is -0.610. The van der Waals surface area contributed by atoms with Crippen LogP contribution in [0.15, 0.2) is 24.4 Å². The fraction of sp³-hybridized carbons (Fsp3) is 0.450. The van der Waals surface area contributed by atoms with E-state index in [0.717, 1.165) is 38.1 Å². The molecule has 1 aliphatic rings. The Kier molecular flexibility index (Phi) is 5.97. The van der Waals surface area contributed by atoms with Gasteiger partial charge in [0.25, 0.3) is 11.8 Å². The topological polar surface area (TPSA) is 90.1 Å². The normalized spacial score (nSPS) is 15.9. The number of halogens is 2. The summed E-state index contributed by atoms with van der Waals surface area (Å²) in [4.78, 5) is 27.3. The number of amides is 2. The van der Waals surface area contributed by atoms with Gasteiger partial charge >= 0.3 is 0 Å². The minimum Gasteiger partial charge on any atom is -0.348 e. The van der Waals surface area contributed by atoms with Gasteiger partial charge in [-0.05, 0) is 45.7 Å². The number of anilines is 1. The van der Waals surface area contributed by atoms with Crippen LogP contribution in [0.2, 0.25) is 0 Å². The average molecular weight is 405 g/mol. The van der Waals surface area contributed by atoms with Crippen LogP contribution in [0.5, 0.6) is 0 Å². The molecule has 0 aliphatic carbocycles. The number of H-pyrrole nitrogens is 1. The standard InChI is InChI=1S/C20H25F2N5O2/c1-20(2,3)27-9-7-12(8-10-27)24-19(29)17-15(11-23-26-17)25-18(28)16-13(21)5-4-6-14(16)22/h4-6,11-12H,7-10H2,1-3H3,(H,23,26)(H,24,29)(H,25,28). The van der Waals surface area contributed by atoms with Crippen molar-refractivity contribution < 1.29 is 18.4 Å². The number of nitrogens with one attached hydrogen (secondary N) is 3. The predicted molar refractivity (Wildman–Crippen MR) is 105 cm³/mol. The Morgan fingerprint density at radius 3 is 2.34 bits per heavy atom. The Balaban J connectivity index is 1.64. The first kappa shape index (κ1) is 20.9. The van der Waals surface area contributed by atoms with Crippen molar-refractivity contribution in [2.24, 2.45) is 0 Å². The van der Waals surface area contributed by atoms with E-state index in [9.17, 15) is 18.4 Å². The zero-order valence-corrected chi connectivity index (χ0v) is 16.7. The Bertz CT molecular complexity index is 878. The average Bonchev–Trinajstić information content (AvgIpc) is 3.09. The van der Waals surface area contributed by atoms with E-state index in [2.05, 4.69) is 46.5 Å². The highest BCUT2D eigenvalue weighted by Crippen LogP contribution is 2.21. The number of aromatic nitrogens is 2. The molecule has 0 atom stereocenters. The Labute approximate surface area is 167 Å². The van der Waals surface area contributed by atoms with Crippen molar-refractivity contribution in [3.05, 3.63) is 47.3 Å². The van der Waals surface area contributed by atoms with Crippen molar-refractivity contribution in [3.63, 3.8) is 0 Å². The molecule has 2 amide bonds. The van der Waals surface area contributed by atoms with Crippen molar-refractivity contribution in [2.75, 3.05) is 18.4 Å². The van der Waals surface area contributed by atoms with Gasteiger partial charge in [-0.15, -0.1) is 0 Å². The van der Waals surface area contributed by atoms with Gasteiger partial charge in [-0.1, -0.05) is 6.07 Å². The molecular weight excluding hydrogens is 380 g/mol. The molecule has 3 N–H and O–H groups in total. The lowest BCUT2D eigenvalue weighted by Crippen LogP contribution is -2.50. The number of carbonyl (C=O) groups excluding carboxylic acids is 2. The van der Waals surface area contributed by atoms with E-state index in [1.807, 2.05) is 0 Å². The molecule has 0 bridgehead atoms. The van der Waals surface area contributed by atoms with Crippen LogP contribution in [-0.2, 0) is 0 Å². The third-order valence-corrected chi connectivity index (χ3v) is 5.07. The lowest BCUT2D eigenvalue weighted by molar-refractivity contribution is 0.0809. The van der Waals surface area contributed by atoms with E-state index < -0.39 is 29.0 Å². The van der Waals surface area contributed by atoms with E-state index in [4.69, 9.17) is 0 Å². The lowest BCUT2D eigenvalue weighted by Gasteiger charge is -2.40. The van der Waals surface area contributed by atoms with Crippen LogP contribution in [0.4, 0.5) is 14.5 Å². The van der Waals surface area contributed by atoms with Crippen LogP contribution < -0.4 is 10.6 Å². The summed E-state index contributed by atoms with van der Waals surface area (Å²) in [6.07, 6.45) is 2.90. The number of carbonyl (C=O) groups is 2. The largest absolute Gasteiger partial charge is 0.348 e. The van der Waals surface area contributed by atoms with Gasteiger partial charge in [-0.3, -0.25) is 19.6 Å². The number of likely N-dealkylation sites (tertiary alicyclic amines) is 1. The SMILES string of the molecule is CC(C)(C)N1CCC(NC(=O)c2n[nH]cc2NC(=O)c2c(F)cccc2F)CC1. The monoisotopic (exact) mass is 405 g/mol. The molecule has 156 valence electrons. The van der Waals surface area contributed by atoms with Crippen LogP contribution in [-0.4, -0.2) is 51.6 Å². The summed E-state index contributed by atoms with van der Waals surface area (Å²) in [5.74, 6) is -3.41. The Morgan fingerprint density at radius 1 is 1.14 bits per heavy atom. The highest BCUT2D eigenvalue weighted by atomic mass is 19.1. The van der Waals surface area contributed by atoms with Gasteiger partial charge in [-0.2, -0.15) is 5.10 Å². The molecule has 2 heterocycles. The first-order chi connectivity index (χ1) is 13.7. The third kappa shape index (κ3) is 4.79. The van der Waals surface area contributed by atoms with Gasteiger partial charge < -0.3 is 10.6 Å². The van der Waals surface area contributed by atoms with E-state index in [1.165, 1.54) is 12.3 Å². The van der Waals surface area contributed by atoms with Gasteiger partial charge in [0.15, 0.2) is 5.69 Å². The summed E-state index contributed by atoms with van der Waals surface area (Å²) in [5, 5.41) is 11.7. The molecule has 0 saturated carbocycles. The zero-order chi connectivity index (χ0) is 21.2. The van der Waals surface area contributed by atoms with E-state index >= 15 is 0 Å². The smallest absolute Gasteiger partial charge is 0.274 e. The first-order valence-corrected chi connectivity index (χ1v) is 9.52. The molecule has 29 heavy (non-hydrogen) atoms. The molecule has 7 nitrogen and oxygen atoms in total. The maximum Gasteiger partial charge on any atom is 0.274 e. The summed E-state index contributed by atoms with van der Waals surface area (Å²) >= 11 is 0. The van der Waals surface area contributed by atoms with Crippen molar-refractivity contribution in [1.82, 2.24) is 20.4 Å². The molecule has 0 spiro atoms. The molecular formula is C20H25F2N5O2. The molecule has 0 radical (unpaired) electrons. The molecule has 1 aliphatic heterocycles. The molecule has 3 rings (SSSR count). The molecule has 1 saturated heterocycles. The van der Waals surface area contributed by atoms with E-state index in [0.29, 0.717) is 0 Å². The quantitative estimate of drug-likeness (QED) is 0.730. The van der Waals surface area contributed by atoms with Gasteiger partial charge in [0, 0.05) is 30.9 Å². The molecule has 1 aromatic heterocycles. The Morgan fingerprint density at radius 2 is 1.76 bits per heavy atom. The van der Waals surface area contributed by atoms with E-state index in [-0.39, 0.29) is 23.0 Å². The molecule has 9 heteroatoms. The highest BCUT2D eigenvalue weighted by molar-refractivity contribution is 6.08. The summed E-state index contributed by atoms with van der Waals surface area (Å²) < 4.78 is 27.6. The van der Waals surface area contributed by atoms with Crippen LogP contribution >= 0.6 is 0 Å². The second kappa shape index (κ2) is 8.28. The summed E-state index contributed by atoms with van der Waals surface area (Å²) in [6.45, 7) is 8.20. The fourth-order valence-electron chi connectivity index (χ4n) is 3.41. The van der Waals surface area contributed by atoms with Crippen LogP contribution in [0.1, 0.15) is 54.5 Å². The fourth-order valence-corrected chi connectivity index (χ4v) is 3.41. The van der Waals surface area contributed by atoms with Gasteiger partial charge in [0.2, 0.25) is 0 Å². The number of piperidine rings is 1. The minimum absolute atomic E-state index is 0.00892. The summed E-state index contributed by atoms with van der Waals surface area (Å²) in [6, 6.07) is 3.14. The molecule has 0 unspecified atom stereocenters. The minimum atomic E-state index is -0.991. The van der Waals surface area contributed by atoms with Crippen LogP contribution in [0.25, 0.3) is 0 Å². The van der Waals surface area contributed by atoms with Crippen molar-refractivity contribution in [3.8, 4) is 0 Å². The first-order valence-electron chi connectivity index (χ1n) is 9.52. The zero-order valence-electron chi connectivity index (χ0n) is 16.7. The van der Waals surface area contributed by atoms with Crippen molar-refractivity contribution >= 4 is 17.5 Å². The van der Waals surface area contributed by atoms with Gasteiger partial charge in [0.1, 0.15) is 17.2 Å². The van der Waals surface area contributed by atoms with Crippen LogP contribution in [0, 0.1) is 11.6 Å². The number of hydrogen-bond acceptors (Lipinski definition) is 4. The lowest BCUT2D eigenvalue weighted by atomic mass is 9.98. The van der Waals surface area contributed by atoms with Crippen LogP contribution in [0.3, 0.4) is 0 Å². The Hall–Kier alpha value is -2.81. The number of benzene rings is 1. The summed E-state index contributed by atoms with van der Waals surface area (Å²) in [7, 11) is 0. The number of nitrogens with zero attached hydrogens (tertiary/aromatic N) is 2. The van der Waals surface area contributed by atoms with Gasteiger partial charge in [-0.25, -0.2) is 8.78 Å². The predicted octanol–water partition coefficient (Wildman–Crippen LogP) is 2.93. The number of rotatable bonds is 4. The van der Waals surface area contributed by atoms with Crippen molar-refractivity contribution in [1.29, 1.82) is 0 Å². The maximum absolute atomic E-state index is 13.8. The molecule has 1 fully saturated rings. The third-order valence-electron chi connectivity index (χ3n) is 5.07. The van der Waals surface area contributed by atoms with E-state index in [1.54, 1.807) is 0 Å². The second-order valence-corrected chi connectivity index (χ2v) is 8.10. The number of aromatic amines is 1. The molecule has 1 aromatic carbocycles. The molecule has 2 aromatic rings. The van der Waals surface area contributed by atoms with Crippen molar-refractivity contribution in [2.45, 2.75) is 45.2 Å². The highest BCUT2D eigenvalue weighted by Gasteiger charge is 2.29. The number of hydrogen-bond donors (Lipinski definition) is 3. The maximum atomic E-state index is 13.8. The van der Waals surface area contributed by atoms with Gasteiger partial charge in [0.05, 0.1) is 5.69 Å². The second-order valence-electron chi connectivity index (χ2n) is 8.10.